The molecule has 2 amide bonds. The number of pyridine rings is 1. The van der Waals surface area contributed by atoms with Crippen LogP contribution in [-0.2, 0) is 9.59 Å². The first-order valence-electron chi connectivity index (χ1n) is 7.31. The molecule has 0 atom stereocenters. The van der Waals surface area contributed by atoms with E-state index in [1.54, 1.807) is 18.3 Å². The van der Waals surface area contributed by atoms with Gasteiger partial charge in [-0.05, 0) is 30.9 Å². The Balaban J connectivity index is 1.72. The van der Waals surface area contributed by atoms with Gasteiger partial charge in [-0.2, -0.15) is 0 Å². The Morgan fingerprint density at radius 1 is 1.43 bits per heavy atom. The molecule has 0 N–H and O–H groups in total. The van der Waals surface area contributed by atoms with Gasteiger partial charge in [0.05, 0.1) is 0 Å². The van der Waals surface area contributed by atoms with Crippen LogP contribution < -0.4 is 9.64 Å². The van der Waals surface area contributed by atoms with Gasteiger partial charge in [-0.25, -0.2) is 4.98 Å². The van der Waals surface area contributed by atoms with Gasteiger partial charge in [-0.15, -0.1) is 0 Å². The fourth-order valence-electron chi connectivity index (χ4n) is 2.69. The van der Waals surface area contributed by atoms with E-state index in [4.69, 9.17) is 4.74 Å². The first kappa shape index (κ1) is 13.9. The van der Waals surface area contributed by atoms with E-state index in [1.807, 2.05) is 4.90 Å². The second-order valence-corrected chi connectivity index (χ2v) is 5.66. The fraction of sp³-hybridized carbons (Fsp3) is 0.533. The van der Waals surface area contributed by atoms with Crippen molar-refractivity contribution in [2.75, 3.05) is 31.1 Å². The van der Waals surface area contributed by atoms with Gasteiger partial charge >= 0.3 is 0 Å². The molecular weight excluding hydrogens is 270 g/mol. The van der Waals surface area contributed by atoms with Gasteiger partial charge in [0.1, 0.15) is 6.54 Å². The smallest absolute Gasteiger partial charge is 0.266 e. The summed E-state index contributed by atoms with van der Waals surface area (Å²) in [5.74, 6) is 1.42. The highest BCUT2D eigenvalue weighted by Crippen LogP contribution is 2.29. The molecule has 2 aliphatic rings. The minimum absolute atomic E-state index is 0.0197. The zero-order valence-corrected chi connectivity index (χ0v) is 12.1. The van der Waals surface area contributed by atoms with Crippen LogP contribution in [0.15, 0.2) is 18.3 Å². The molecule has 1 aromatic heterocycles. The molecule has 0 unspecified atom stereocenters. The van der Waals surface area contributed by atoms with E-state index in [0.717, 1.165) is 25.9 Å². The third-order valence-corrected chi connectivity index (χ3v) is 4.09. The SMILES string of the molecule is CC1CCN(C(=O)CN2C(=O)COc3cccnc32)CC1. The number of aromatic nitrogens is 1. The number of hydrogen-bond donors (Lipinski definition) is 0. The molecule has 0 bridgehead atoms. The van der Waals surface area contributed by atoms with Crippen LogP contribution in [0.4, 0.5) is 5.82 Å². The summed E-state index contributed by atoms with van der Waals surface area (Å²) in [5.41, 5.74) is 0. The molecule has 2 aliphatic heterocycles. The predicted octanol–water partition coefficient (Wildman–Crippen LogP) is 1.07. The Kier molecular flexibility index (Phi) is 3.77. The highest BCUT2D eigenvalue weighted by atomic mass is 16.5. The molecule has 3 heterocycles. The number of piperidine rings is 1. The van der Waals surface area contributed by atoms with Gasteiger partial charge in [0.15, 0.2) is 18.2 Å². The number of carbonyl (C=O) groups is 2. The van der Waals surface area contributed by atoms with Gasteiger partial charge in [-0.1, -0.05) is 6.92 Å². The number of fused-ring (bicyclic) bond motifs is 1. The van der Waals surface area contributed by atoms with Gasteiger partial charge in [-0.3, -0.25) is 14.5 Å². The van der Waals surface area contributed by atoms with Crippen LogP contribution in [0.3, 0.4) is 0 Å². The van der Waals surface area contributed by atoms with Gasteiger partial charge in [0, 0.05) is 19.3 Å². The van der Waals surface area contributed by atoms with Crippen molar-refractivity contribution >= 4 is 17.6 Å². The Morgan fingerprint density at radius 3 is 2.95 bits per heavy atom. The van der Waals surface area contributed by atoms with Crippen LogP contribution in [-0.4, -0.2) is 47.9 Å². The minimum atomic E-state index is -0.222. The number of hydrogen-bond acceptors (Lipinski definition) is 4. The lowest BCUT2D eigenvalue weighted by molar-refractivity contribution is -0.133. The first-order valence-corrected chi connectivity index (χ1v) is 7.31. The Morgan fingerprint density at radius 2 is 2.19 bits per heavy atom. The lowest BCUT2D eigenvalue weighted by atomic mass is 9.99. The van der Waals surface area contributed by atoms with Crippen LogP contribution in [0.5, 0.6) is 5.75 Å². The van der Waals surface area contributed by atoms with Crippen molar-refractivity contribution in [3.8, 4) is 5.75 Å². The molecular formula is C15H19N3O3. The van der Waals surface area contributed by atoms with E-state index >= 15 is 0 Å². The first-order chi connectivity index (χ1) is 10.1. The summed E-state index contributed by atoms with van der Waals surface area (Å²) in [6.45, 7) is 3.75. The molecule has 1 saturated heterocycles. The number of likely N-dealkylation sites (tertiary alicyclic amines) is 1. The summed E-state index contributed by atoms with van der Waals surface area (Å²) in [4.78, 5) is 31.8. The van der Waals surface area contributed by atoms with Crippen molar-refractivity contribution < 1.29 is 14.3 Å². The molecule has 0 spiro atoms. The zero-order chi connectivity index (χ0) is 14.8. The average molecular weight is 289 g/mol. The molecule has 0 aliphatic carbocycles. The summed E-state index contributed by atoms with van der Waals surface area (Å²) >= 11 is 0. The van der Waals surface area contributed by atoms with E-state index in [1.165, 1.54) is 4.90 Å². The van der Waals surface area contributed by atoms with Crippen molar-refractivity contribution in [3.63, 3.8) is 0 Å². The molecule has 0 radical (unpaired) electrons. The van der Waals surface area contributed by atoms with Gasteiger partial charge < -0.3 is 9.64 Å². The highest BCUT2D eigenvalue weighted by Gasteiger charge is 2.30. The number of amides is 2. The average Bonchev–Trinajstić information content (AvgIpc) is 2.51. The maximum absolute atomic E-state index is 12.4. The Labute approximate surface area is 123 Å². The molecule has 1 fully saturated rings. The number of carbonyl (C=O) groups excluding carboxylic acids is 2. The lowest BCUT2D eigenvalue weighted by Gasteiger charge is -2.33. The molecule has 0 saturated carbocycles. The van der Waals surface area contributed by atoms with Crippen molar-refractivity contribution in [1.82, 2.24) is 9.88 Å². The zero-order valence-electron chi connectivity index (χ0n) is 12.1. The van der Waals surface area contributed by atoms with E-state index in [9.17, 15) is 9.59 Å². The van der Waals surface area contributed by atoms with Gasteiger partial charge in [0.25, 0.3) is 5.91 Å². The molecule has 6 nitrogen and oxygen atoms in total. The molecule has 0 aromatic carbocycles. The molecule has 21 heavy (non-hydrogen) atoms. The predicted molar refractivity (Wildman–Crippen MR) is 77.1 cm³/mol. The topological polar surface area (TPSA) is 62.7 Å². The quantitative estimate of drug-likeness (QED) is 0.817. The molecule has 112 valence electrons. The second kappa shape index (κ2) is 5.71. The van der Waals surface area contributed by atoms with Crippen LogP contribution in [0, 0.1) is 5.92 Å². The number of nitrogens with zero attached hydrogens (tertiary/aromatic N) is 3. The highest BCUT2D eigenvalue weighted by molar-refractivity contribution is 6.01. The van der Waals surface area contributed by atoms with Gasteiger partial charge in [0.2, 0.25) is 5.91 Å². The third-order valence-electron chi connectivity index (χ3n) is 4.09. The monoisotopic (exact) mass is 289 g/mol. The second-order valence-electron chi connectivity index (χ2n) is 5.66. The van der Waals surface area contributed by atoms with Crippen molar-refractivity contribution in [2.24, 2.45) is 5.92 Å². The lowest BCUT2D eigenvalue weighted by Crippen LogP contribution is -2.48. The van der Waals surface area contributed by atoms with Crippen LogP contribution >= 0.6 is 0 Å². The maximum atomic E-state index is 12.4. The van der Waals surface area contributed by atoms with E-state index in [-0.39, 0.29) is 25.0 Å². The van der Waals surface area contributed by atoms with E-state index in [2.05, 4.69) is 11.9 Å². The largest absolute Gasteiger partial charge is 0.480 e. The maximum Gasteiger partial charge on any atom is 0.266 e. The molecule has 6 heteroatoms. The van der Waals surface area contributed by atoms with Crippen molar-refractivity contribution in [3.05, 3.63) is 18.3 Å². The van der Waals surface area contributed by atoms with Crippen molar-refractivity contribution in [1.29, 1.82) is 0 Å². The van der Waals surface area contributed by atoms with Crippen LogP contribution in [0.1, 0.15) is 19.8 Å². The van der Waals surface area contributed by atoms with Crippen LogP contribution in [0.25, 0.3) is 0 Å². The number of ether oxygens (including phenoxy) is 1. The summed E-state index contributed by atoms with van der Waals surface area (Å²) in [7, 11) is 0. The Bertz CT molecular complexity index is 553. The fourth-order valence-corrected chi connectivity index (χ4v) is 2.69. The summed E-state index contributed by atoms with van der Waals surface area (Å²) < 4.78 is 5.33. The Hall–Kier alpha value is -2.11. The summed E-state index contributed by atoms with van der Waals surface area (Å²) in [5, 5.41) is 0. The van der Waals surface area contributed by atoms with Crippen molar-refractivity contribution in [2.45, 2.75) is 19.8 Å². The molecule has 1 aromatic rings. The third kappa shape index (κ3) is 2.84. The normalized spacial score (nSPS) is 19.2. The molecule has 3 rings (SSSR count). The van der Waals surface area contributed by atoms with Crippen LogP contribution in [0.2, 0.25) is 0 Å². The summed E-state index contributed by atoms with van der Waals surface area (Å²) in [6, 6.07) is 3.51. The summed E-state index contributed by atoms with van der Waals surface area (Å²) in [6.07, 6.45) is 3.65. The number of anilines is 1. The van der Waals surface area contributed by atoms with E-state index < -0.39 is 0 Å². The standard InChI is InChI=1S/C15H19N3O3/c1-11-4-7-17(8-5-11)13(19)9-18-14(20)10-21-12-3-2-6-16-15(12)18/h2-3,6,11H,4-5,7-10H2,1H3. The number of rotatable bonds is 2. The van der Waals surface area contributed by atoms with E-state index in [0.29, 0.717) is 17.5 Å². The minimum Gasteiger partial charge on any atom is -0.480 e.